The van der Waals surface area contributed by atoms with Gasteiger partial charge in [0.15, 0.2) is 0 Å². The van der Waals surface area contributed by atoms with E-state index in [0.29, 0.717) is 0 Å². The molecule has 0 aliphatic rings. The molecule has 0 amide bonds. The number of aromatic carboxylic acids is 1. The smallest absolute Gasteiger partial charge is 0.294 e. The number of benzene rings is 1. The Kier molecular flexibility index (Phi) is 3.01. The molecule has 0 fully saturated rings. The summed E-state index contributed by atoms with van der Waals surface area (Å²) >= 11 is 0. The van der Waals surface area contributed by atoms with Crippen molar-refractivity contribution in [2.24, 2.45) is 0 Å². The molecule has 0 spiro atoms. The normalized spacial score (nSPS) is 9.43. The van der Waals surface area contributed by atoms with Crippen LogP contribution in [-0.2, 0) is 11.4 Å². The third-order valence-electron chi connectivity index (χ3n) is 1.56. The molecule has 0 unspecified atom stereocenters. The van der Waals surface area contributed by atoms with Gasteiger partial charge >= 0.3 is 0 Å². The van der Waals surface area contributed by atoms with Crippen molar-refractivity contribution >= 4 is 5.97 Å². The maximum Gasteiger partial charge on any atom is 0.294 e. The second-order valence-electron chi connectivity index (χ2n) is 2.44. The molecule has 0 N–H and O–H groups in total. The van der Waals surface area contributed by atoms with Gasteiger partial charge in [-0.05, 0) is 5.56 Å². The largest absolute Gasteiger partial charge is 0.545 e. The van der Waals surface area contributed by atoms with Crippen molar-refractivity contribution in [3.05, 3.63) is 45.5 Å². The van der Waals surface area contributed by atoms with Gasteiger partial charge in [-0.1, -0.05) is 24.3 Å². The molecule has 14 heavy (non-hydrogen) atoms. The van der Waals surface area contributed by atoms with Crippen LogP contribution >= 0.6 is 0 Å². The van der Waals surface area contributed by atoms with E-state index in [-0.39, 0.29) is 11.1 Å². The van der Waals surface area contributed by atoms with Crippen molar-refractivity contribution < 1.29 is 19.8 Å². The lowest BCUT2D eigenvalue weighted by atomic mass is 10.1. The highest BCUT2D eigenvalue weighted by molar-refractivity contribution is 5.87. The molecule has 6 heteroatoms. The lowest BCUT2D eigenvalue weighted by Gasteiger charge is -2.08. The molecular formula is C8H6NO5-. The fourth-order valence-electron chi connectivity index (χ4n) is 0.968. The van der Waals surface area contributed by atoms with Gasteiger partial charge < -0.3 is 14.7 Å². The Morgan fingerprint density at radius 2 is 2.07 bits per heavy atom. The van der Waals surface area contributed by atoms with E-state index in [4.69, 9.17) is 0 Å². The van der Waals surface area contributed by atoms with Gasteiger partial charge in [0.05, 0.1) is 5.97 Å². The summed E-state index contributed by atoms with van der Waals surface area (Å²) in [6, 6.07) is 5.79. The number of hydrogen-bond acceptors (Lipinski definition) is 5. The second kappa shape index (κ2) is 4.22. The van der Waals surface area contributed by atoms with E-state index >= 15 is 0 Å². The first-order valence-corrected chi connectivity index (χ1v) is 3.68. The van der Waals surface area contributed by atoms with Crippen LogP contribution in [0.15, 0.2) is 24.3 Å². The van der Waals surface area contributed by atoms with Crippen molar-refractivity contribution in [3.8, 4) is 0 Å². The summed E-state index contributed by atoms with van der Waals surface area (Å²) in [4.78, 5) is 24.5. The maximum atomic E-state index is 10.5. The van der Waals surface area contributed by atoms with Crippen LogP contribution in [-0.4, -0.2) is 11.1 Å². The predicted molar refractivity (Wildman–Crippen MR) is 42.6 cm³/mol. The lowest BCUT2D eigenvalue weighted by Crippen LogP contribution is -2.24. The third-order valence-corrected chi connectivity index (χ3v) is 1.56. The summed E-state index contributed by atoms with van der Waals surface area (Å²) in [5.74, 6) is -1.38. The first-order valence-electron chi connectivity index (χ1n) is 3.68. The summed E-state index contributed by atoms with van der Waals surface area (Å²) in [7, 11) is 0. The zero-order valence-electron chi connectivity index (χ0n) is 7.00. The van der Waals surface area contributed by atoms with E-state index in [1.54, 1.807) is 6.07 Å². The number of carbonyl (C=O) groups excluding carboxylic acids is 1. The zero-order chi connectivity index (χ0) is 10.6. The van der Waals surface area contributed by atoms with Crippen molar-refractivity contribution in [3.63, 3.8) is 0 Å². The van der Waals surface area contributed by atoms with Gasteiger partial charge in [0.2, 0.25) is 0 Å². The predicted octanol–water partition coefficient (Wildman–Crippen LogP) is -0.242. The van der Waals surface area contributed by atoms with Gasteiger partial charge in [0.25, 0.3) is 5.09 Å². The zero-order valence-corrected chi connectivity index (χ0v) is 7.00. The molecule has 0 heterocycles. The Morgan fingerprint density at radius 3 is 2.64 bits per heavy atom. The second-order valence-corrected chi connectivity index (χ2v) is 2.44. The first-order chi connectivity index (χ1) is 6.61. The minimum atomic E-state index is -1.38. The molecule has 0 aliphatic heterocycles. The van der Waals surface area contributed by atoms with Crippen LogP contribution in [0.4, 0.5) is 0 Å². The van der Waals surface area contributed by atoms with Crippen LogP contribution in [0.5, 0.6) is 0 Å². The molecule has 0 radical (unpaired) electrons. The molecule has 0 saturated carbocycles. The Labute approximate surface area is 78.8 Å². The fourth-order valence-corrected chi connectivity index (χ4v) is 0.968. The first kappa shape index (κ1) is 9.97. The van der Waals surface area contributed by atoms with E-state index < -0.39 is 17.7 Å². The van der Waals surface area contributed by atoms with Crippen LogP contribution < -0.4 is 5.11 Å². The molecular weight excluding hydrogens is 190 g/mol. The Hall–Kier alpha value is -2.11. The number of rotatable bonds is 4. The maximum absolute atomic E-state index is 10.5. The molecule has 0 aromatic heterocycles. The van der Waals surface area contributed by atoms with E-state index in [9.17, 15) is 20.0 Å². The molecule has 1 aromatic carbocycles. The van der Waals surface area contributed by atoms with E-state index in [1.807, 2.05) is 0 Å². The van der Waals surface area contributed by atoms with Crippen LogP contribution in [0.3, 0.4) is 0 Å². The van der Waals surface area contributed by atoms with Crippen LogP contribution in [0, 0.1) is 10.1 Å². The number of carboxylic acid groups (broad SMARTS) is 1. The van der Waals surface area contributed by atoms with Gasteiger partial charge in [0.1, 0.15) is 6.61 Å². The van der Waals surface area contributed by atoms with Crippen molar-refractivity contribution in [2.75, 3.05) is 0 Å². The van der Waals surface area contributed by atoms with Gasteiger partial charge in [-0.2, -0.15) is 0 Å². The molecule has 6 nitrogen and oxygen atoms in total. The summed E-state index contributed by atoms with van der Waals surface area (Å²) in [5.41, 5.74) is 0.110. The highest BCUT2D eigenvalue weighted by atomic mass is 16.9. The third kappa shape index (κ3) is 2.44. The van der Waals surface area contributed by atoms with Crippen LogP contribution in [0.2, 0.25) is 0 Å². The number of nitrogens with zero attached hydrogens (tertiary/aromatic N) is 1. The summed E-state index contributed by atoms with van der Waals surface area (Å²) in [5, 5.41) is 19.4. The minimum absolute atomic E-state index is 0.102. The Balaban J connectivity index is 2.84. The van der Waals surface area contributed by atoms with Crippen molar-refractivity contribution in [1.82, 2.24) is 0 Å². The molecule has 0 saturated heterocycles. The SMILES string of the molecule is O=C([O-])c1ccccc1CO[N+](=O)[O-]. The average molecular weight is 196 g/mol. The number of carbonyl (C=O) groups is 1. The quantitative estimate of drug-likeness (QED) is 0.489. The summed E-state index contributed by atoms with van der Waals surface area (Å²) < 4.78 is 0. The monoisotopic (exact) mass is 196 g/mol. The van der Waals surface area contributed by atoms with Gasteiger partial charge in [-0.3, -0.25) is 0 Å². The highest BCUT2D eigenvalue weighted by Gasteiger charge is 2.04. The molecule has 1 aromatic rings. The van der Waals surface area contributed by atoms with Crippen molar-refractivity contribution in [2.45, 2.75) is 6.61 Å². The highest BCUT2D eigenvalue weighted by Crippen LogP contribution is 2.08. The Bertz CT molecular complexity index is 363. The van der Waals surface area contributed by atoms with Gasteiger partial charge in [0, 0.05) is 5.56 Å². The molecule has 0 bridgehead atoms. The fraction of sp³-hybridized carbons (Fsp3) is 0.125. The molecule has 0 aliphatic carbocycles. The lowest BCUT2D eigenvalue weighted by molar-refractivity contribution is -0.763. The minimum Gasteiger partial charge on any atom is -0.545 e. The molecule has 0 atom stereocenters. The van der Waals surface area contributed by atoms with Gasteiger partial charge in [-0.25, -0.2) is 0 Å². The number of carboxylic acids is 1. The van der Waals surface area contributed by atoms with E-state index in [2.05, 4.69) is 4.84 Å². The Morgan fingerprint density at radius 1 is 1.43 bits per heavy atom. The molecule has 74 valence electrons. The standard InChI is InChI=1S/C8H7NO5/c10-8(11)7-4-2-1-3-6(7)5-14-9(12)13/h1-4H,5H2,(H,10,11)/p-1. The molecule has 1 rings (SSSR count). The van der Waals surface area contributed by atoms with E-state index in [1.165, 1.54) is 18.2 Å². The topological polar surface area (TPSA) is 92.5 Å². The van der Waals surface area contributed by atoms with Gasteiger partial charge in [-0.15, -0.1) is 10.1 Å². The summed E-state index contributed by atoms with van der Waals surface area (Å²) in [6.45, 7) is -0.392. The average Bonchev–Trinajstić information content (AvgIpc) is 2.15. The van der Waals surface area contributed by atoms with Crippen LogP contribution in [0.25, 0.3) is 0 Å². The van der Waals surface area contributed by atoms with Crippen LogP contribution in [0.1, 0.15) is 15.9 Å². The number of hydrogen-bond donors (Lipinski definition) is 0. The van der Waals surface area contributed by atoms with Crippen molar-refractivity contribution in [1.29, 1.82) is 0 Å². The summed E-state index contributed by atoms with van der Waals surface area (Å²) in [6.07, 6.45) is 0. The van der Waals surface area contributed by atoms with E-state index in [0.717, 1.165) is 0 Å².